The minimum Gasteiger partial charge on any atom is -0.366 e. The Kier molecular flexibility index (Phi) is 4.35. The fraction of sp³-hybridized carbons (Fsp3) is 0.300. The number of fused-ring (bicyclic) bond motifs is 1. The highest BCUT2D eigenvalue weighted by molar-refractivity contribution is 5.98. The standard InChI is InChI=1S/C20H21N5O2/c1-24-11-15(10-22-24)20(27)25-8-4-6-14(12-25)18-16(19(21)26)9-13-5-2-3-7-17(13)23-18/h2-3,5,7,9-11,14H,4,6,8,12H2,1H3,(H2,21,26)/t14-/m1/s1. The van der Waals surface area contributed by atoms with Crippen LogP contribution in [0, 0.1) is 0 Å². The number of carbonyl (C=O) groups excluding carboxylic acids is 2. The zero-order valence-corrected chi connectivity index (χ0v) is 15.1. The van der Waals surface area contributed by atoms with E-state index in [1.54, 1.807) is 24.1 Å². The van der Waals surface area contributed by atoms with Crippen LogP contribution in [0.2, 0.25) is 0 Å². The first-order valence-electron chi connectivity index (χ1n) is 9.00. The minimum atomic E-state index is -0.487. The van der Waals surface area contributed by atoms with Gasteiger partial charge >= 0.3 is 0 Å². The number of nitrogens with zero attached hydrogens (tertiary/aromatic N) is 4. The van der Waals surface area contributed by atoms with E-state index in [9.17, 15) is 9.59 Å². The molecule has 1 aliphatic heterocycles. The van der Waals surface area contributed by atoms with E-state index in [1.807, 2.05) is 35.2 Å². The fourth-order valence-electron chi connectivity index (χ4n) is 3.74. The van der Waals surface area contributed by atoms with Crippen molar-refractivity contribution in [2.75, 3.05) is 13.1 Å². The first-order chi connectivity index (χ1) is 13.0. The van der Waals surface area contributed by atoms with E-state index < -0.39 is 5.91 Å². The van der Waals surface area contributed by atoms with Gasteiger partial charge in [0.2, 0.25) is 0 Å². The highest BCUT2D eigenvalue weighted by Gasteiger charge is 2.29. The Balaban J connectivity index is 1.67. The van der Waals surface area contributed by atoms with Gasteiger partial charge in [0, 0.05) is 37.6 Å². The summed E-state index contributed by atoms with van der Waals surface area (Å²) in [6, 6.07) is 9.47. The van der Waals surface area contributed by atoms with Gasteiger partial charge in [0.1, 0.15) is 0 Å². The number of hydrogen-bond donors (Lipinski definition) is 1. The third kappa shape index (κ3) is 3.28. The zero-order valence-electron chi connectivity index (χ0n) is 15.1. The lowest BCUT2D eigenvalue weighted by Gasteiger charge is -2.33. The molecule has 1 fully saturated rings. The summed E-state index contributed by atoms with van der Waals surface area (Å²) in [5.74, 6) is -0.556. The average molecular weight is 363 g/mol. The molecule has 3 heterocycles. The second kappa shape index (κ2) is 6.83. The van der Waals surface area contributed by atoms with E-state index in [0.29, 0.717) is 29.9 Å². The summed E-state index contributed by atoms with van der Waals surface area (Å²) in [7, 11) is 1.79. The summed E-state index contributed by atoms with van der Waals surface area (Å²) in [6.07, 6.45) is 5.01. The number of pyridine rings is 1. The van der Waals surface area contributed by atoms with Gasteiger partial charge in [0.25, 0.3) is 11.8 Å². The number of primary amides is 1. The molecular weight excluding hydrogens is 342 g/mol. The van der Waals surface area contributed by atoms with Crippen LogP contribution in [0.4, 0.5) is 0 Å². The van der Waals surface area contributed by atoms with E-state index in [1.165, 1.54) is 0 Å². The maximum absolute atomic E-state index is 12.8. The van der Waals surface area contributed by atoms with Crippen LogP contribution in [0.5, 0.6) is 0 Å². The molecule has 7 heteroatoms. The van der Waals surface area contributed by atoms with Gasteiger partial charge in [-0.3, -0.25) is 19.3 Å². The van der Waals surface area contributed by atoms with Gasteiger partial charge in [0.15, 0.2) is 0 Å². The first kappa shape index (κ1) is 17.2. The normalized spacial score (nSPS) is 17.2. The Bertz CT molecular complexity index is 1030. The molecule has 0 radical (unpaired) electrons. The molecule has 1 saturated heterocycles. The third-order valence-corrected chi connectivity index (χ3v) is 5.07. The van der Waals surface area contributed by atoms with Gasteiger partial charge < -0.3 is 10.6 Å². The van der Waals surface area contributed by atoms with Crippen molar-refractivity contribution in [1.29, 1.82) is 0 Å². The maximum atomic E-state index is 12.8. The molecule has 4 rings (SSSR count). The van der Waals surface area contributed by atoms with E-state index in [-0.39, 0.29) is 11.8 Å². The molecule has 1 atom stereocenters. The Morgan fingerprint density at radius 2 is 2.07 bits per heavy atom. The molecule has 0 bridgehead atoms. The van der Waals surface area contributed by atoms with Crippen molar-refractivity contribution in [3.05, 3.63) is 59.5 Å². The van der Waals surface area contributed by atoms with Gasteiger partial charge in [-0.1, -0.05) is 18.2 Å². The van der Waals surface area contributed by atoms with Gasteiger partial charge in [0.05, 0.1) is 28.5 Å². The molecule has 2 N–H and O–H groups in total. The van der Waals surface area contributed by atoms with E-state index in [0.717, 1.165) is 23.7 Å². The van der Waals surface area contributed by atoms with Crippen molar-refractivity contribution in [2.24, 2.45) is 12.8 Å². The van der Waals surface area contributed by atoms with Crippen molar-refractivity contribution in [3.63, 3.8) is 0 Å². The lowest BCUT2D eigenvalue weighted by Crippen LogP contribution is -2.39. The predicted molar refractivity (Wildman–Crippen MR) is 101 cm³/mol. The summed E-state index contributed by atoms with van der Waals surface area (Å²) >= 11 is 0. The second-order valence-electron chi connectivity index (χ2n) is 6.97. The average Bonchev–Trinajstić information content (AvgIpc) is 3.12. The molecular formula is C20H21N5O2. The maximum Gasteiger partial charge on any atom is 0.257 e. The number of piperidine rings is 1. The van der Waals surface area contributed by atoms with Crippen LogP contribution < -0.4 is 5.73 Å². The number of amides is 2. The van der Waals surface area contributed by atoms with Crippen molar-refractivity contribution < 1.29 is 9.59 Å². The third-order valence-electron chi connectivity index (χ3n) is 5.07. The van der Waals surface area contributed by atoms with Crippen LogP contribution in [-0.2, 0) is 7.05 Å². The number of aryl methyl sites for hydroxylation is 1. The van der Waals surface area contributed by atoms with Crippen LogP contribution in [0.25, 0.3) is 10.9 Å². The Morgan fingerprint density at radius 1 is 1.26 bits per heavy atom. The molecule has 3 aromatic rings. The number of aromatic nitrogens is 3. The molecule has 2 aromatic heterocycles. The van der Waals surface area contributed by atoms with Gasteiger partial charge in [-0.2, -0.15) is 5.10 Å². The highest BCUT2D eigenvalue weighted by atomic mass is 16.2. The molecule has 2 amide bonds. The van der Waals surface area contributed by atoms with E-state index in [2.05, 4.69) is 5.10 Å². The molecule has 1 aliphatic rings. The number of hydrogen-bond acceptors (Lipinski definition) is 4. The second-order valence-corrected chi connectivity index (χ2v) is 6.97. The monoisotopic (exact) mass is 363 g/mol. The van der Waals surface area contributed by atoms with Crippen LogP contribution in [0.15, 0.2) is 42.7 Å². The molecule has 138 valence electrons. The number of para-hydroxylation sites is 1. The molecule has 0 unspecified atom stereocenters. The molecule has 1 aromatic carbocycles. The quantitative estimate of drug-likeness (QED) is 0.771. The summed E-state index contributed by atoms with van der Waals surface area (Å²) in [5, 5.41) is 4.96. The zero-order chi connectivity index (χ0) is 19.0. The summed E-state index contributed by atoms with van der Waals surface area (Å²) in [6.45, 7) is 1.20. The molecule has 0 spiro atoms. The van der Waals surface area contributed by atoms with E-state index >= 15 is 0 Å². The van der Waals surface area contributed by atoms with Gasteiger partial charge in [-0.25, -0.2) is 0 Å². The largest absolute Gasteiger partial charge is 0.366 e. The Morgan fingerprint density at radius 3 is 2.81 bits per heavy atom. The van der Waals surface area contributed by atoms with Crippen LogP contribution >= 0.6 is 0 Å². The predicted octanol–water partition coefficient (Wildman–Crippen LogP) is 2.09. The van der Waals surface area contributed by atoms with Crippen LogP contribution in [0.1, 0.15) is 45.2 Å². The fourth-order valence-corrected chi connectivity index (χ4v) is 3.74. The van der Waals surface area contributed by atoms with Gasteiger partial charge in [-0.15, -0.1) is 0 Å². The van der Waals surface area contributed by atoms with E-state index in [4.69, 9.17) is 10.7 Å². The number of carbonyl (C=O) groups is 2. The smallest absolute Gasteiger partial charge is 0.257 e. The summed E-state index contributed by atoms with van der Waals surface area (Å²) < 4.78 is 1.62. The summed E-state index contributed by atoms with van der Waals surface area (Å²) in [5.41, 5.74) is 8.15. The number of rotatable bonds is 3. The minimum absolute atomic E-state index is 0.0218. The topological polar surface area (TPSA) is 94.1 Å². The van der Waals surface area contributed by atoms with Crippen molar-refractivity contribution in [1.82, 2.24) is 19.7 Å². The lowest BCUT2D eigenvalue weighted by molar-refractivity contribution is 0.0705. The lowest BCUT2D eigenvalue weighted by atomic mass is 9.90. The highest BCUT2D eigenvalue weighted by Crippen LogP contribution is 2.30. The van der Waals surface area contributed by atoms with Crippen molar-refractivity contribution in [3.8, 4) is 0 Å². The van der Waals surface area contributed by atoms with Crippen LogP contribution in [-0.4, -0.2) is 44.6 Å². The molecule has 0 saturated carbocycles. The number of benzene rings is 1. The molecule has 27 heavy (non-hydrogen) atoms. The Hall–Kier alpha value is -3.22. The van der Waals surface area contributed by atoms with Crippen molar-refractivity contribution >= 4 is 22.7 Å². The molecule has 0 aliphatic carbocycles. The number of nitrogens with two attached hydrogens (primary N) is 1. The van der Waals surface area contributed by atoms with Crippen LogP contribution in [0.3, 0.4) is 0 Å². The SMILES string of the molecule is Cn1cc(C(=O)N2CCC[C@@H](c3nc4ccccc4cc3C(N)=O)C2)cn1. The van der Waals surface area contributed by atoms with Crippen molar-refractivity contribution in [2.45, 2.75) is 18.8 Å². The Labute approximate surface area is 156 Å². The summed E-state index contributed by atoms with van der Waals surface area (Å²) in [4.78, 5) is 31.4. The first-order valence-corrected chi connectivity index (χ1v) is 9.00. The van der Waals surface area contributed by atoms with Gasteiger partial charge in [-0.05, 0) is 25.0 Å². The molecule has 7 nitrogen and oxygen atoms in total. The number of likely N-dealkylation sites (tertiary alicyclic amines) is 1.